The maximum absolute atomic E-state index is 11.8. The first-order chi connectivity index (χ1) is 10.3. The molecule has 2 heterocycles. The molecule has 0 aliphatic rings. The third-order valence-electron chi connectivity index (χ3n) is 2.74. The second kappa shape index (κ2) is 6.69. The van der Waals surface area contributed by atoms with Crippen LogP contribution in [-0.4, -0.2) is 21.6 Å². The van der Waals surface area contributed by atoms with E-state index in [1.54, 1.807) is 41.6 Å². The molecule has 2 aromatic heterocycles. The average molecular weight is 315 g/mol. The van der Waals surface area contributed by atoms with E-state index in [9.17, 15) is 4.79 Å². The Labute approximate surface area is 130 Å². The monoisotopic (exact) mass is 315 g/mol. The molecule has 4 nitrogen and oxygen atoms in total. The molecule has 0 bridgehead atoms. The first-order valence-corrected chi connectivity index (χ1v) is 8.40. The number of para-hydroxylation sites is 1. The molecule has 3 rings (SSSR count). The minimum atomic E-state index is -0.0193. The molecule has 0 aliphatic heterocycles. The molecule has 0 fully saturated rings. The van der Waals surface area contributed by atoms with Crippen molar-refractivity contribution in [3.05, 3.63) is 53.8 Å². The van der Waals surface area contributed by atoms with Gasteiger partial charge in [0, 0.05) is 11.9 Å². The van der Waals surface area contributed by atoms with Crippen LogP contribution in [0.5, 0.6) is 0 Å². The smallest absolute Gasteiger partial charge is 0.234 e. The number of fused-ring (bicyclic) bond motifs is 1. The van der Waals surface area contributed by atoms with Crippen molar-refractivity contribution in [2.75, 3.05) is 11.1 Å². The van der Waals surface area contributed by atoms with Gasteiger partial charge in [-0.15, -0.1) is 23.1 Å². The van der Waals surface area contributed by atoms with Gasteiger partial charge in [0.2, 0.25) is 5.91 Å². The third kappa shape index (κ3) is 3.80. The zero-order valence-corrected chi connectivity index (χ0v) is 12.8. The summed E-state index contributed by atoms with van der Waals surface area (Å²) in [5.41, 5.74) is 1.75. The zero-order chi connectivity index (χ0) is 14.5. The zero-order valence-electron chi connectivity index (χ0n) is 11.2. The van der Waals surface area contributed by atoms with E-state index in [1.807, 2.05) is 24.3 Å². The Morgan fingerprint density at radius 3 is 2.95 bits per heavy atom. The SMILES string of the molecule is O=C(CSCc1nc2ccccc2s1)Nc1cccnc1. The van der Waals surface area contributed by atoms with Gasteiger partial charge < -0.3 is 5.32 Å². The number of hydrogen-bond donors (Lipinski definition) is 1. The van der Waals surface area contributed by atoms with Gasteiger partial charge in [0.15, 0.2) is 0 Å². The van der Waals surface area contributed by atoms with Crippen LogP contribution in [0.25, 0.3) is 10.2 Å². The average Bonchev–Trinajstić information content (AvgIpc) is 2.91. The molecule has 1 amide bonds. The number of nitrogens with one attached hydrogen (secondary N) is 1. The van der Waals surface area contributed by atoms with Crippen molar-refractivity contribution >= 4 is 44.9 Å². The van der Waals surface area contributed by atoms with Crippen molar-refractivity contribution in [3.63, 3.8) is 0 Å². The maximum Gasteiger partial charge on any atom is 0.234 e. The molecule has 3 aromatic rings. The second-order valence-corrected chi connectivity index (χ2v) is 6.46. The summed E-state index contributed by atoms with van der Waals surface area (Å²) in [7, 11) is 0. The number of thiazole rings is 1. The van der Waals surface area contributed by atoms with Gasteiger partial charge >= 0.3 is 0 Å². The molecule has 0 saturated heterocycles. The first-order valence-electron chi connectivity index (χ1n) is 6.43. The van der Waals surface area contributed by atoms with Crippen molar-refractivity contribution in [1.82, 2.24) is 9.97 Å². The van der Waals surface area contributed by atoms with E-state index in [0.29, 0.717) is 5.75 Å². The number of anilines is 1. The van der Waals surface area contributed by atoms with Crippen molar-refractivity contribution in [3.8, 4) is 0 Å². The van der Waals surface area contributed by atoms with E-state index in [2.05, 4.69) is 21.4 Å². The Morgan fingerprint density at radius 1 is 1.24 bits per heavy atom. The highest BCUT2D eigenvalue weighted by atomic mass is 32.2. The highest BCUT2D eigenvalue weighted by Gasteiger charge is 2.06. The van der Waals surface area contributed by atoms with Crippen molar-refractivity contribution in [2.45, 2.75) is 5.75 Å². The van der Waals surface area contributed by atoms with Crippen molar-refractivity contribution < 1.29 is 4.79 Å². The first kappa shape index (κ1) is 14.0. The molecule has 1 aromatic carbocycles. The van der Waals surface area contributed by atoms with Crippen molar-refractivity contribution in [2.24, 2.45) is 0 Å². The number of carbonyl (C=O) groups is 1. The van der Waals surface area contributed by atoms with Crippen LogP contribution in [-0.2, 0) is 10.5 Å². The molecule has 0 unspecified atom stereocenters. The molecule has 1 N–H and O–H groups in total. The Bertz CT molecular complexity index is 710. The van der Waals surface area contributed by atoms with Gasteiger partial charge in [0.25, 0.3) is 0 Å². The van der Waals surface area contributed by atoms with Crippen LogP contribution in [0.2, 0.25) is 0 Å². The normalized spacial score (nSPS) is 10.7. The van der Waals surface area contributed by atoms with Crippen molar-refractivity contribution in [1.29, 1.82) is 0 Å². The number of rotatable bonds is 5. The van der Waals surface area contributed by atoms with Gasteiger partial charge in [-0.1, -0.05) is 12.1 Å². The van der Waals surface area contributed by atoms with E-state index in [-0.39, 0.29) is 5.91 Å². The lowest BCUT2D eigenvalue weighted by Crippen LogP contribution is -2.14. The minimum Gasteiger partial charge on any atom is -0.324 e. The summed E-state index contributed by atoms with van der Waals surface area (Å²) in [5.74, 6) is 1.14. The van der Waals surface area contributed by atoms with Gasteiger partial charge in [0.1, 0.15) is 5.01 Å². The van der Waals surface area contributed by atoms with Gasteiger partial charge in [-0.2, -0.15) is 0 Å². The van der Waals surface area contributed by atoms with Crippen LogP contribution in [0.1, 0.15) is 5.01 Å². The lowest BCUT2D eigenvalue weighted by atomic mass is 10.3. The summed E-state index contributed by atoms with van der Waals surface area (Å²) >= 11 is 3.24. The number of thioether (sulfide) groups is 1. The highest BCUT2D eigenvalue weighted by Crippen LogP contribution is 2.24. The van der Waals surface area contributed by atoms with Gasteiger partial charge in [-0.05, 0) is 24.3 Å². The summed E-state index contributed by atoms with van der Waals surface area (Å²) in [6, 6.07) is 11.7. The van der Waals surface area contributed by atoms with Gasteiger partial charge in [0.05, 0.1) is 27.9 Å². The van der Waals surface area contributed by atoms with Crippen LogP contribution in [0, 0.1) is 0 Å². The highest BCUT2D eigenvalue weighted by molar-refractivity contribution is 7.99. The van der Waals surface area contributed by atoms with Crippen LogP contribution in [0.3, 0.4) is 0 Å². The van der Waals surface area contributed by atoms with E-state index in [0.717, 1.165) is 22.0 Å². The Hall–Kier alpha value is -1.92. The number of aromatic nitrogens is 2. The molecule has 106 valence electrons. The third-order valence-corrected chi connectivity index (χ3v) is 4.91. The standard InChI is InChI=1S/C15H13N3OS2/c19-14(17-11-4-3-7-16-8-11)9-20-10-15-18-12-5-1-2-6-13(12)21-15/h1-8H,9-10H2,(H,17,19). The number of nitrogens with zero attached hydrogens (tertiary/aromatic N) is 2. The van der Waals surface area contributed by atoms with Gasteiger partial charge in [-0.3, -0.25) is 9.78 Å². The van der Waals surface area contributed by atoms with Gasteiger partial charge in [-0.25, -0.2) is 4.98 Å². The summed E-state index contributed by atoms with van der Waals surface area (Å²) in [6.45, 7) is 0. The van der Waals surface area contributed by atoms with E-state index in [1.165, 1.54) is 4.70 Å². The lowest BCUT2D eigenvalue weighted by Gasteiger charge is -2.03. The quantitative estimate of drug-likeness (QED) is 0.782. The number of carbonyl (C=O) groups excluding carboxylic acids is 1. The Kier molecular flexibility index (Phi) is 4.47. The predicted octanol–water partition coefficient (Wildman–Crippen LogP) is 3.56. The second-order valence-electron chi connectivity index (χ2n) is 4.36. The molecule has 0 saturated carbocycles. The largest absolute Gasteiger partial charge is 0.324 e. The molecule has 6 heteroatoms. The molecular weight excluding hydrogens is 302 g/mol. The number of hydrogen-bond acceptors (Lipinski definition) is 5. The number of amides is 1. The van der Waals surface area contributed by atoms with Crippen LogP contribution in [0.15, 0.2) is 48.8 Å². The van der Waals surface area contributed by atoms with E-state index >= 15 is 0 Å². The van der Waals surface area contributed by atoms with E-state index < -0.39 is 0 Å². The number of pyridine rings is 1. The fourth-order valence-electron chi connectivity index (χ4n) is 1.85. The maximum atomic E-state index is 11.8. The van der Waals surface area contributed by atoms with Crippen LogP contribution < -0.4 is 5.32 Å². The summed E-state index contributed by atoms with van der Waals surface area (Å²) in [5, 5.41) is 3.87. The molecule has 0 atom stereocenters. The van der Waals surface area contributed by atoms with E-state index in [4.69, 9.17) is 0 Å². The predicted molar refractivity (Wildman–Crippen MR) is 88.6 cm³/mol. The minimum absolute atomic E-state index is 0.0193. The molecule has 0 radical (unpaired) electrons. The molecular formula is C15H13N3OS2. The fourth-order valence-corrected chi connectivity index (χ4v) is 3.69. The Morgan fingerprint density at radius 2 is 2.14 bits per heavy atom. The summed E-state index contributed by atoms with van der Waals surface area (Å²) in [4.78, 5) is 20.3. The van der Waals surface area contributed by atoms with Crippen LogP contribution >= 0.6 is 23.1 Å². The molecule has 0 aliphatic carbocycles. The summed E-state index contributed by atoms with van der Waals surface area (Å²) in [6.07, 6.45) is 3.31. The Balaban J connectivity index is 1.50. The number of benzene rings is 1. The van der Waals surface area contributed by atoms with Crippen LogP contribution in [0.4, 0.5) is 5.69 Å². The fraction of sp³-hybridized carbons (Fsp3) is 0.133. The summed E-state index contributed by atoms with van der Waals surface area (Å²) < 4.78 is 1.19. The molecule has 0 spiro atoms. The molecule has 21 heavy (non-hydrogen) atoms. The lowest BCUT2D eigenvalue weighted by molar-refractivity contribution is -0.113. The topological polar surface area (TPSA) is 54.9 Å².